The molecule has 0 unspecified atom stereocenters. The van der Waals surface area contributed by atoms with Gasteiger partial charge in [-0.3, -0.25) is 0 Å². The number of rotatable bonds is 9. The van der Waals surface area contributed by atoms with Crippen molar-refractivity contribution in [2.24, 2.45) is 17.8 Å². The molecule has 0 radical (unpaired) electrons. The SMILES string of the molecule is COC(=O)C1=CN(CCOC23CC4CC(CC(C4)C2)C3)C=C(C(=O)OC)C1c1cc(OC)c(O)c(OC)c1. The Bertz CT molecular complexity index is 1060. The lowest BCUT2D eigenvalue weighted by Crippen LogP contribution is -2.52. The van der Waals surface area contributed by atoms with Gasteiger partial charge in [-0.2, -0.15) is 0 Å². The van der Waals surface area contributed by atoms with Gasteiger partial charge in [-0.25, -0.2) is 9.59 Å². The van der Waals surface area contributed by atoms with Crippen LogP contribution >= 0.6 is 0 Å². The molecule has 6 rings (SSSR count). The summed E-state index contributed by atoms with van der Waals surface area (Å²) in [7, 11) is 5.43. The second kappa shape index (κ2) is 10.5. The molecule has 4 saturated carbocycles. The van der Waals surface area contributed by atoms with Crippen molar-refractivity contribution in [1.82, 2.24) is 4.90 Å². The number of phenols is 1. The van der Waals surface area contributed by atoms with E-state index < -0.39 is 17.9 Å². The van der Waals surface area contributed by atoms with Crippen LogP contribution in [0.3, 0.4) is 0 Å². The highest BCUT2D eigenvalue weighted by molar-refractivity contribution is 5.98. The van der Waals surface area contributed by atoms with E-state index in [2.05, 4.69) is 0 Å². The number of methoxy groups -OCH3 is 4. The minimum Gasteiger partial charge on any atom is -0.502 e. The third kappa shape index (κ3) is 4.84. The number of ether oxygens (including phenoxy) is 5. The van der Waals surface area contributed by atoms with Crippen molar-refractivity contribution < 1.29 is 38.4 Å². The van der Waals surface area contributed by atoms with Crippen molar-refractivity contribution in [3.63, 3.8) is 0 Å². The first-order chi connectivity index (χ1) is 18.3. The molecule has 4 aliphatic carbocycles. The summed E-state index contributed by atoms with van der Waals surface area (Å²) in [5.41, 5.74) is 0.977. The van der Waals surface area contributed by atoms with Crippen molar-refractivity contribution in [1.29, 1.82) is 0 Å². The van der Waals surface area contributed by atoms with Gasteiger partial charge in [0, 0.05) is 18.9 Å². The molecule has 1 aromatic rings. The van der Waals surface area contributed by atoms with Crippen LogP contribution < -0.4 is 9.47 Å². The molecule has 0 saturated heterocycles. The number of carbonyl (C=O) groups is 2. The largest absolute Gasteiger partial charge is 0.502 e. The molecule has 0 spiro atoms. The van der Waals surface area contributed by atoms with E-state index in [-0.39, 0.29) is 34.0 Å². The van der Waals surface area contributed by atoms with Gasteiger partial charge in [-0.05, 0) is 74.0 Å². The predicted molar refractivity (Wildman–Crippen MR) is 138 cm³/mol. The van der Waals surface area contributed by atoms with Crippen LogP contribution in [0.15, 0.2) is 35.7 Å². The second-order valence-electron chi connectivity index (χ2n) is 11.0. The minimum absolute atomic E-state index is 0.0317. The van der Waals surface area contributed by atoms with Crippen molar-refractivity contribution in [2.75, 3.05) is 41.6 Å². The summed E-state index contributed by atoms with van der Waals surface area (Å²) in [6.45, 7) is 0.950. The molecule has 1 aliphatic heterocycles. The van der Waals surface area contributed by atoms with E-state index in [0.29, 0.717) is 18.7 Å². The summed E-state index contributed by atoms with van der Waals surface area (Å²) in [6, 6.07) is 3.14. The smallest absolute Gasteiger partial charge is 0.336 e. The Morgan fingerprint density at radius 2 is 1.34 bits per heavy atom. The highest BCUT2D eigenvalue weighted by Gasteiger charge is 2.51. The first-order valence-corrected chi connectivity index (χ1v) is 13.2. The van der Waals surface area contributed by atoms with Crippen LogP contribution in [0.2, 0.25) is 0 Å². The van der Waals surface area contributed by atoms with Crippen LogP contribution in [-0.2, 0) is 23.8 Å². The van der Waals surface area contributed by atoms with E-state index >= 15 is 0 Å². The molecule has 1 N–H and O–H groups in total. The molecule has 9 heteroatoms. The number of benzene rings is 1. The first kappa shape index (κ1) is 26.4. The predicted octanol–water partition coefficient (Wildman–Crippen LogP) is 3.91. The molecule has 4 bridgehead atoms. The molecule has 206 valence electrons. The van der Waals surface area contributed by atoms with E-state index in [1.54, 1.807) is 29.4 Å². The molecule has 0 aromatic heterocycles. The van der Waals surface area contributed by atoms with Crippen LogP contribution in [-0.4, -0.2) is 69.1 Å². The summed E-state index contributed by atoms with van der Waals surface area (Å²) < 4.78 is 27.4. The molecular formula is C29H37NO8. The Morgan fingerprint density at radius 3 is 1.76 bits per heavy atom. The summed E-state index contributed by atoms with van der Waals surface area (Å²) in [4.78, 5) is 27.8. The first-order valence-electron chi connectivity index (χ1n) is 13.2. The summed E-state index contributed by atoms with van der Waals surface area (Å²) >= 11 is 0. The Morgan fingerprint density at radius 1 is 0.868 bits per heavy atom. The van der Waals surface area contributed by atoms with Gasteiger partial charge in [0.2, 0.25) is 5.75 Å². The maximum absolute atomic E-state index is 13.0. The number of nitrogens with zero attached hydrogens (tertiary/aromatic N) is 1. The van der Waals surface area contributed by atoms with E-state index in [0.717, 1.165) is 37.0 Å². The van der Waals surface area contributed by atoms with Crippen LogP contribution in [0.4, 0.5) is 0 Å². The van der Waals surface area contributed by atoms with Gasteiger partial charge in [0.05, 0.1) is 57.7 Å². The fourth-order valence-corrected chi connectivity index (χ4v) is 7.43. The van der Waals surface area contributed by atoms with Crippen molar-refractivity contribution >= 4 is 11.9 Å². The van der Waals surface area contributed by atoms with Crippen LogP contribution in [0.25, 0.3) is 0 Å². The Labute approximate surface area is 223 Å². The van der Waals surface area contributed by atoms with Gasteiger partial charge in [0.1, 0.15) is 0 Å². The fourth-order valence-electron chi connectivity index (χ4n) is 7.43. The highest BCUT2D eigenvalue weighted by Crippen LogP contribution is 2.57. The highest BCUT2D eigenvalue weighted by atomic mass is 16.5. The summed E-state index contributed by atoms with van der Waals surface area (Å²) in [6.07, 6.45) is 10.8. The maximum Gasteiger partial charge on any atom is 0.336 e. The minimum atomic E-state index is -0.821. The molecule has 38 heavy (non-hydrogen) atoms. The van der Waals surface area contributed by atoms with Crippen LogP contribution in [0.1, 0.15) is 50.0 Å². The zero-order valence-electron chi connectivity index (χ0n) is 22.5. The molecule has 1 heterocycles. The van der Waals surface area contributed by atoms with E-state index in [1.807, 2.05) is 0 Å². The molecule has 9 nitrogen and oxygen atoms in total. The third-order valence-electron chi connectivity index (χ3n) is 8.65. The topological polar surface area (TPSA) is 104 Å². The average molecular weight is 528 g/mol. The number of carbonyl (C=O) groups excluding carboxylic acids is 2. The molecular weight excluding hydrogens is 490 g/mol. The monoisotopic (exact) mass is 527 g/mol. The Balaban J connectivity index is 1.42. The van der Waals surface area contributed by atoms with Gasteiger partial charge in [0.25, 0.3) is 0 Å². The maximum atomic E-state index is 13.0. The molecule has 5 aliphatic rings. The Kier molecular flexibility index (Phi) is 7.31. The number of aromatic hydroxyl groups is 1. The molecule has 1 aromatic carbocycles. The van der Waals surface area contributed by atoms with Crippen molar-refractivity contribution in [2.45, 2.75) is 50.0 Å². The van der Waals surface area contributed by atoms with E-state index in [9.17, 15) is 14.7 Å². The van der Waals surface area contributed by atoms with Crippen LogP contribution in [0.5, 0.6) is 17.2 Å². The number of esters is 2. The van der Waals surface area contributed by atoms with Gasteiger partial charge >= 0.3 is 11.9 Å². The Hall–Kier alpha value is -3.20. The van der Waals surface area contributed by atoms with Gasteiger partial charge in [-0.15, -0.1) is 0 Å². The summed E-state index contributed by atoms with van der Waals surface area (Å²) in [5, 5.41) is 10.4. The lowest BCUT2D eigenvalue weighted by molar-refractivity contribution is -0.162. The lowest BCUT2D eigenvalue weighted by Gasteiger charge is -2.56. The zero-order chi connectivity index (χ0) is 27.0. The van der Waals surface area contributed by atoms with Gasteiger partial charge in [-0.1, -0.05) is 0 Å². The average Bonchev–Trinajstić information content (AvgIpc) is 2.91. The van der Waals surface area contributed by atoms with E-state index in [4.69, 9.17) is 23.7 Å². The normalized spacial score (nSPS) is 28.0. The molecule has 4 fully saturated rings. The van der Waals surface area contributed by atoms with E-state index in [1.165, 1.54) is 47.7 Å². The third-order valence-corrected chi connectivity index (χ3v) is 8.65. The van der Waals surface area contributed by atoms with Crippen molar-refractivity contribution in [3.8, 4) is 17.2 Å². The standard InChI is InChI=1S/C29H37NO8/c1-34-23-10-20(11-24(35-2)26(23)31)25-21(27(32)36-3)15-30(16-22(25)28(33)37-4)5-6-38-29-12-17-7-18(13-29)9-19(8-17)14-29/h10-11,15-19,25,31H,5-9,12-14H2,1-4H3. The fraction of sp³-hybridized carbons (Fsp3) is 0.586. The van der Waals surface area contributed by atoms with Gasteiger partial charge in [0.15, 0.2) is 11.5 Å². The number of phenolic OH excluding ortho intramolecular Hbond substituents is 1. The van der Waals surface area contributed by atoms with Crippen LogP contribution in [0, 0.1) is 17.8 Å². The second-order valence-corrected chi connectivity index (χ2v) is 11.0. The van der Waals surface area contributed by atoms with Crippen molar-refractivity contribution in [3.05, 3.63) is 41.2 Å². The number of hydrogen-bond acceptors (Lipinski definition) is 9. The van der Waals surface area contributed by atoms with Gasteiger partial charge < -0.3 is 33.7 Å². The lowest BCUT2D eigenvalue weighted by atomic mass is 9.54. The molecule has 0 amide bonds. The summed E-state index contributed by atoms with van der Waals surface area (Å²) in [5.74, 6) is 0.501. The molecule has 0 atom stereocenters. The zero-order valence-corrected chi connectivity index (χ0v) is 22.5. The number of hydrogen-bond donors (Lipinski definition) is 1. The quantitative estimate of drug-likeness (QED) is 0.479.